The molecule has 3 fully saturated rings. The lowest BCUT2D eigenvalue weighted by atomic mass is 9.45. The van der Waals surface area contributed by atoms with E-state index in [1.807, 2.05) is 6.92 Å². The van der Waals surface area contributed by atoms with Crippen molar-refractivity contribution in [3.63, 3.8) is 0 Å². The Balaban J connectivity index is 1.37. The number of nitrogens with one attached hydrogen (secondary N) is 2. The molecule has 5 aliphatic rings. The molecule has 1 amide bonds. The predicted octanol–water partition coefficient (Wildman–Crippen LogP) is 1.23. The number of nitrogens with zero attached hydrogens (tertiary/aromatic N) is 5. The number of morpholine rings is 1. The van der Waals surface area contributed by atoms with Gasteiger partial charge in [-0.25, -0.2) is 24.7 Å². The van der Waals surface area contributed by atoms with Gasteiger partial charge in [0.1, 0.15) is 5.76 Å². The molecule has 8 atom stereocenters. The highest BCUT2D eigenvalue weighted by Crippen LogP contribution is 2.62. The lowest BCUT2D eigenvalue weighted by molar-refractivity contribution is -0.163. The molecular formula is C35H48N8O6. The molecule has 14 nitrogen and oxygen atoms in total. The molecule has 264 valence electrons. The molecule has 2 saturated carbocycles. The maximum atomic E-state index is 13.6. The molecule has 49 heavy (non-hydrogen) atoms. The molecule has 0 radical (unpaired) electrons. The number of nitrogen functional groups attached to an aromatic ring is 1. The summed E-state index contributed by atoms with van der Waals surface area (Å²) in [7, 11) is 0. The fourth-order valence-electron chi connectivity index (χ4n) is 8.62. The van der Waals surface area contributed by atoms with Gasteiger partial charge in [-0.05, 0) is 62.0 Å². The van der Waals surface area contributed by atoms with Gasteiger partial charge in [0, 0.05) is 54.8 Å². The van der Waals surface area contributed by atoms with E-state index in [4.69, 9.17) is 21.8 Å². The van der Waals surface area contributed by atoms with Crippen LogP contribution < -0.4 is 16.4 Å². The van der Waals surface area contributed by atoms with E-state index in [-0.39, 0.29) is 47.7 Å². The summed E-state index contributed by atoms with van der Waals surface area (Å²) in [5.74, 6) is -0.337. The van der Waals surface area contributed by atoms with Gasteiger partial charge in [0.25, 0.3) is 0 Å². The van der Waals surface area contributed by atoms with Crippen molar-refractivity contribution in [3.8, 4) is 0 Å². The number of guanidine groups is 1. The van der Waals surface area contributed by atoms with Crippen LogP contribution >= 0.6 is 0 Å². The van der Waals surface area contributed by atoms with Gasteiger partial charge in [-0.15, -0.1) is 0 Å². The second-order valence-corrected chi connectivity index (χ2v) is 14.4. The van der Waals surface area contributed by atoms with E-state index in [0.717, 1.165) is 31.5 Å². The van der Waals surface area contributed by atoms with Crippen LogP contribution in [0.4, 0.5) is 5.95 Å². The van der Waals surface area contributed by atoms with Crippen molar-refractivity contribution in [3.05, 3.63) is 47.5 Å². The molecular weight excluding hydrogens is 628 g/mol. The van der Waals surface area contributed by atoms with Crippen LogP contribution in [0, 0.1) is 22.7 Å². The van der Waals surface area contributed by atoms with Gasteiger partial charge < -0.3 is 25.4 Å². The van der Waals surface area contributed by atoms with E-state index in [9.17, 15) is 19.8 Å². The second-order valence-electron chi connectivity index (χ2n) is 14.4. The summed E-state index contributed by atoms with van der Waals surface area (Å²) in [6.07, 6.45) is 9.85. The number of rotatable bonds is 9. The van der Waals surface area contributed by atoms with Crippen LogP contribution in [0.2, 0.25) is 0 Å². The predicted molar refractivity (Wildman–Crippen MR) is 184 cm³/mol. The molecule has 3 aliphatic heterocycles. The molecule has 0 spiro atoms. The van der Waals surface area contributed by atoms with Crippen LogP contribution in [-0.4, -0.2) is 113 Å². The number of ether oxygens (including phenoxy) is 2. The lowest BCUT2D eigenvalue weighted by Crippen LogP contribution is -2.62. The van der Waals surface area contributed by atoms with E-state index >= 15 is 0 Å². The summed E-state index contributed by atoms with van der Waals surface area (Å²) in [6, 6.07) is -1.36. The summed E-state index contributed by atoms with van der Waals surface area (Å²) >= 11 is 0. The van der Waals surface area contributed by atoms with Crippen molar-refractivity contribution in [1.29, 1.82) is 0 Å². The lowest BCUT2D eigenvalue weighted by Gasteiger charge is -2.62. The van der Waals surface area contributed by atoms with Crippen molar-refractivity contribution in [2.24, 2.45) is 32.7 Å². The first kappa shape index (κ1) is 35.0. The number of hydrogen-bond donors (Lipinski definition) is 5. The minimum absolute atomic E-state index is 0.00625. The molecule has 1 aromatic heterocycles. The van der Waals surface area contributed by atoms with Gasteiger partial charge in [-0.1, -0.05) is 26.0 Å². The third kappa shape index (κ3) is 6.97. The highest BCUT2D eigenvalue weighted by Gasteiger charge is 2.60. The largest absolute Gasteiger partial charge is 0.423 e. The number of aliphatic hydroxyl groups excluding tert-OH is 2. The highest BCUT2D eigenvalue weighted by molar-refractivity contribution is 6.04. The average Bonchev–Trinajstić information content (AvgIpc) is 3.74. The molecule has 1 saturated heterocycles. The first-order chi connectivity index (χ1) is 23.4. The Hall–Kier alpha value is -3.82. The van der Waals surface area contributed by atoms with Gasteiger partial charge in [0.15, 0.2) is 0 Å². The molecule has 14 heteroatoms. The number of aliphatic imine (C=N–C) groups is 2. The number of allylic oxidation sites excluding steroid dienone is 1. The maximum absolute atomic E-state index is 13.6. The van der Waals surface area contributed by atoms with Gasteiger partial charge in [0.2, 0.25) is 17.8 Å². The Kier molecular flexibility index (Phi) is 10.1. The highest BCUT2D eigenvalue weighted by atomic mass is 16.5. The van der Waals surface area contributed by atoms with Crippen LogP contribution in [0.5, 0.6) is 0 Å². The first-order valence-electron chi connectivity index (χ1n) is 17.1. The number of aromatic nitrogens is 2. The standard InChI is InChI=1S/C35H48N8O6/c1-20-25(34(3)6-5-29(45)35(4,19-44)28(34)16-27(20)43-9-11-48-12-10-43)15-26(41-21(2)30(46)42-33-37-7-8-38-33)24-14-23(49-31(24)47)13-22-17-39-32(36)40-18-22/h7,13-14,17-18,21,25-29,41,44-45H,1,5-6,8-12,15-16,19H2,2-4H3,(H2,36,39,40)(H,38,42,46)/b23-13+/t21?,25?,26?,27?,28?,29-,34-,35+/m1/s1. The number of amides is 1. The third-order valence-corrected chi connectivity index (χ3v) is 11.5. The number of aliphatic hydroxyl groups is 2. The molecule has 6 N–H and O–H groups in total. The van der Waals surface area contributed by atoms with Crippen molar-refractivity contribution in [2.75, 3.05) is 45.2 Å². The summed E-state index contributed by atoms with van der Waals surface area (Å²) in [6.45, 7) is 13.7. The Morgan fingerprint density at radius 3 is 2.67 bits per heavy atom. The number of hydrogen-bond acceptors (Lipinski definition) is 13. The molecule has 5 unspecified atom stereocenters. The summed E-state index contributed by atoms with van der Waals surface area (Å²) in [4.78, 5) is 45.7. The van der Waals surface area contributed by atoms with Gasteiger partial charge in [-0.2, -0.15) is 0 Å². The van der Waals surface area contributed by atoms with E-state index in [2.05, 4.69) is 42.4 Å². The number of carbonyl (C=O) groups is 2. The fourth-order valence-corrected chi connectivity index (χ4v) is 8.62. The third-order valence-electron chi connectivity index (χ3n) is 11.5. The Bertz CT molecular complexity index is 1570. The number of cyclic esters (lactones) is 1. The monoisotopic (exact) mass is 676 g/mol. The number of esters is 1. The molecule has 4 heterocycles. The Morgan fingerprint density at radius 1 is 1.27 bits per heavy atom. The van der Waals surface area contributed by atoms with Crippen molar-refractivity contribution >= 4 is 36.1 Å². The van der Waals surface area contributed by atoms with E-state index in [0.29, 0.717) is 49.5 Å². The zero-order chi connectivity index (χ0) is 34.9. The molecule has 0 bridgehead atoms. The number of anilines is 1. The van der Waals surface area contributed by atoms with E-state index in [1.165, 1.54) is 0 Å². The topological polar surface area (TPSA) is 197 Å². The van der Waals surface area contributed by atoms with E-state index < -0.39 is 29.6 Å². The van der Waals surface area contributed by atoms with Gasteiger partial charge >= 0.3 is 5.97 Å². The molecule has 6 rings (SSSR count). The van der Waals surface area contributed by atoms with Crippen LogP contribution in [-0.2, 0) is 19.1 Å². The summed E-state index contributed by atoms with van der Waals surface area (Å²) < 4.78 is 11.4. The molecule has 2 aliphatic carbocycles. The summed E-state index contributed by atoms with van der Waals surface area (Å²) in [5.41, 5.74) is 6.60. The van der Waals surface area contributed by atoms with Crippen LogP contribution in [0.3, 0.4) is 0 Å². The Morgan fingerprint density at radius 2 is 2.00 bits per heavy atom. The van der Waals surface area contributed by atoms with Crippen LogP contribution in [0.15, 0.2) is 51.9 Å². The van der Waals surface area contributed by atoms with Gasteiger partial charge in [-0.3, -0.25) is 20.3 Å². The molecule has 0 aromatic carbocycles. The first-order valence-corrected chi connectivity index (χ1v) is 17.1. The van der Waals surface area contributed by atoms with Crippen LogP contribution in [0.1, 0.15) is 52.0 Å². The summed E-state index contributed by atoms with van der Waals surface area (Å²) in [5, 5.41) is 28.3. The van der Waals surface area contributed by atoms with Crippen molar-refractivity contribution in [1.82, 2.24) is 25.5 Å². The number of fused-ring (bicyclic) bond motifs is 1. The minimum atomic E-state index is -0.734. The number of nitrogens with two attached hydrogens (primary N) is 1. The molecule has 1 aromatic rings. The van der Waals surface area contributed by atoms with Crippen LogP contribution in [0.25, 0.3) is 6.08 Å². The smallest absolute Gasteiger partial charge is 0.341 e. The number of carbonyl (C=O) groups excluding carboxylic acids is 2. The van der Waals surface area contributed by atoms with E-state index in [1.54, 1.807) is 37.7 Å². The minimum Gasteiger partial charge on any atom is -0.423 e. The average molecular weight is 677 g/mol. The normalized spacial score (nSPS) is 33.9. The van der Waals surface area contributed by atoms with Crippen molar-refractivity contribution < 1.29 is 29.3 Å². The Labute approximate surface area is 286 Å². The zero-order valence-electron chi connectivity index (χ0n) is 28.5. The second kappa shape index (κ2) is 14.2. The maximum Gasteiger partial charge on any atom is 0.341 e. The SMILES string of the molecule is C=C1C(N2CCOCC2)CC2[C@](C)(CC[C@@H](O)[C@@]2(C)CO)C1CC(NC(C)C(=O)NC1=NCC=N1)C1=C/C(=C\c2cnc(N)nc2)OC1=O. The zero-order valence-corrected chi connectivity index (χ0v) is 28.5. The van der Waals surface area contributed by atoms with Crippen molar-refractivity contribution in [2.45, 2.75) is 70.7 Å². The quantitative estimate of drug-likeness (QED) is 0.186. The van der Waals surface area contributed by atoms with Gasteiger partial charge in [0.05, 0.1) is 44.1 Å². The fraction of sp³-hybridized carbons (Fsp3) is 0.600.